The normalized spacial score (nSPS) is 10.6. The van der Waals surface area contributed by atoms with Crippen molar-refractivity contribution in [3.05, 3.63) is 30.2 Å². The molecule has 0 spiro atoms. The molecule has 17 heavy (non-hydrogen) atoms. The Morgan fingerprint density at radius 1 is 1.06 bits per heavy atom. The van der Waals surface area contributed by atoms with Crippen LogP contribution in [0.2, 0.25) is 0 Å². The Balaban J connectivity index is 1.99. The number of anilines is 1. The molecule has 0 fully saturated rings. The van der Waals surface area contributed by atoms with Gasteiger partial charge in [0, 0.05) is 24.0 Å². The molecule has 0 aliphatic heterocycles. The van der Waals surface area contributed by atoms with Crippen LogP contribution in [0.25, 0.3) is 21.3 Å². The van der Waals surface area contributed by atoms with Crippen LogP contribution in [0.3, 0.4) is 0 Å². The predicted octanol–water partition coefficient (Wildman–Crippen LogP) is 2.31. The molecule has 3 aromatic heterocycles. The van der Waals surface area contributed by atoms with Crippen LogP contribution in [0, 0.1) is 0 Å². The van der Waals surface area contributed by atoms with E-state index in [0.717, 1.165) is 21.3 Å². The van der Waals surface area contributed by atoms with Gasteiger partial charge in [-0.25, -0.2) is 9.97 Å². The van der Waals surface area contributed by atoms with Gasteiger partial charge in [-0.05, 0) is 0 Å². The summed E-state index contributed by atoms with van der Waals surface area (Å²) in [6.45, 7) is 0. The Morgan fingerprint density at radius 2 is 2.00 bits per heavy atom. The molecule has 3 aromatic rings. The van der Waals surface area contributed by atoms with Crippen LogP contribution >= 0.6 is 22.7 Å². The van der Waals surface area contributed by atoms with Gasteiger partial charge in [0.1, 0.15) is 10.7 Å². The third kappa shape index (κ3) is 2.02. The minimum atomic E-state index is 0.564. The highest BCUT2D eigenvalue weighted by molar-refractivity contribution is 7.19. The topological polar surface area (TPSA) is 77.6 Å². The first-order chi connectivity index (χ1) is 8.33. The summed E-state index contributed by atoms with van der Waals surface area (Å²) in [6.07, 6.45) is 6.76. The van der Waals surface area contributed by atoms with Crippen LogP contribution in [0.5, 0.6) is 0 Å². The number of rotatable bonds is 2. The highest BCUT2D eigenvalue weighted by Gasteiger charge is 2.09. The van der Waals surface area contributed by atoms with Crippen LogP contribution in [0.4, 0.5) is 5.13 Å². The van der Waals surface area contributed by atoms with Gasteiger partial charge in [0.15, 0.2) is 5.13 Å². The van der Waals surface area contributed by atoms with E-state index in [-0.39, 0.29) is 0 Å². The fourth-order valence-electron chi connectivity index (χ4n) is 1.32. The van der Waals surface area contributed by atoms with Crippen molar-refractivity contribution < 1.29 is 0 Å². The van der Waals surface area contributed by atoms with Crippen molar-refractivity contribution in [2.45, 2.75) is 0 Å². The van der Waals surface area contributed by atoms with E-state index in [1.54, 1.807) is 24.8 Å². The maximum absolute atomic E-state index is 5.60. The van der Waals surface area contributed by atoms with E-state index in [1.165, 1.54) is 22.7 Å². The van der Waals surface area contributed by atoms with Gasteiger partial charge < -0.3 is 5.73 Å². The number of hydrogen-bond donors (Lipinski definition) is 1. The highest BCUT2D eigenvalue weighted by atomic mass is 32.1. The van der Waals surface area contributed by atoms with Crippen molar-refractivity contribution in [1.82, 2.24) is 19.9 Å². The second kappa shape index (κ2) is 4.19. The summed E-state index contributed by atoms with van der Waals surface area (Å²) in [5, 5.41) is 3.32. The molecule has 0 aliphatic carbocycles. The van der Waals surface area contributed by atoms with Crippen molar-refractivity contribution in [3.8, 4) is 21.3 Å². The zero-order chi connectivity index (χ0) is 11.7. The summed E-state index contributed by atoms with van der Waals surface area (Å²) in [7, 11) is 0. The molecule has 0 atom stereocenters. The standard InChI is InChI=1S/C10H7N5S2/c11-10-15-7(5-16-10)8-4-14-9(17-8)6-3-12-1-2-13-6/h1-5H,(H2,11,15). The summed E-state index contributed by atoms with van der Waals surface area (Å²) in [4.78, 5) is 17.7. The number of aromatic nitrogens is 4. The fourth-order valence-corrected chi connectivity index (χ4v) is 2.80. The highest BCUT2D eigenvalue weighted by Crippen LogP contribution is 2.31. The summed E-state index contributed by atoms with van der Waals surface area (Å²) < 4.78 is 0. The van der Waals surface area contributed by atoms with Gasteiger partial charge in [-0.15, -0.1) is 22.7 Å². The van der Waals surface area contributed by atoms with Crippen molar-refractivity contribution in [1.29, 1.82) is 0 Å². The predicted molar refractivity (Wildman–Crippen MR) is 68.7 cm³/mol. The number of nitrogens with zero attached hydrogens (tertiary/aromatic N) is 4. The average molecular weight is 261 g/mol. The molecule has 0 saturated carbocycles. The maximum atomic E-state index is 5.60. The Morgan fingerprint density at radius 3 is 2.71 bits per heavy atom. The largest absolute Gasteiger partial charge is 0.375 e. The molecule has 0 aliphatic rings. The number of thiazole rings is 2. The molecule has 0 bridgehead atoms. The molecule has 0 unspecified atom stereocenters. The molecular formula is C10H7N5S2. The molecular weight excluding hydrogens is 254 g/mol. The molecule has 3 rings (SSSR count). The van der Waals surface area contributed by atoms with Crippen molar-refractivity contribution in [3.63, 3.8) is 0 Å². The van der Waals surface area contributed by atoms with Gasteiger partial charge in [-0.3, -0.25) is 9.97 Å². The summed E-state index contributed by atoms with van der Waals surface area (Å²) in [5.74, 6) is 0. The summed E-state index contributed by atoms with van der Waals surface area (Å²) in [5.41, 5.74) is 7.23. The Labute approximate surface area is 105 Å². The van der Waals surface area contributed by atoms with Crippen LogP contribution in [-0.2, 0) is 0 Å². The van der Waals surface area contributed by atoms with Crippen molar-refractivity contribution >= 4 is 27.8 Å². The average Bonchev–Trinajstić information content (AvgIpc) is 2.98. The van der Waals surface area contributed by atoms with E-state index in [0.29, 0.717) is 5.13 Å². The smallest absolute Gasteiger partial charge is 0.180 e. The first-order valence-corrected chi connectivity index (χ1v) is 6.46. The monoisotopic (exact) mass is 261 g/mol. The fraction of sp³-hybridized carbons (Fsp3) is 0. The third-order valence-corrected chi connectivity index (χ3v) is 3.78. The maximum Gasteiger partial charge on any atom is 0.180 e. The second-order valence-electron chi connectivity index (χ2n) is 3.19. The first-order valence-electron chi connectivity index (χ1n) is 4.76. The minimum absolute atomic E-state index is 0.564. The second-order valence-corrected chi connectivity index (χ2v) is 5.11. The summed E-state index contributed by atoms with van der Waals surface area (Å²) in [6, 6.07) is 0. The minimum Gasteiger partial charge on any atom is -0.375 e. The number of nitrogens with two attached hydrogens (primary N) is 1. The Bertz CT molecular complexity index is 631. The quantitative estimate of drug-likeness (QED) is 0.766. The molecule has 84 valence electrons. The molecule has 0 saturated heterocycles. The van der Waals surface area contributed by atoms with E-state index in [9.17, 15) is 0 Å². The van der Waals surface area contributed by atoms with Gasteiger partial charge in [-0.1, -0.05) is 0 Å². The van der Waals surface area contributed by atoms with E-state index in [4.69, 9.17) is 5.73 Å². The zero-order valence-corrected chi connectivity index (χ0v) is 10.2. The van der Waals surface area contributed by atoms with Gasteiger partial charge in [0.25, 0.3) is 0 Å². The van der Waals surface area contributed by atoms with E-state index in [2.05, 4.69) is 19.9 Å². The lowest BCUT2D eigenvalue weighted by molar-refractivity contribution is 1.19. The first kappa shape index (κ1) is 10.3. The molecule has 0 aromatic carbocycles. The third-order valence-electron chi connectivity index (χ3n) is 2.06. The van der Waals surface area contributed by atoms with Crippen LogP contribution in [-0.4, -0.2) is 19.9 Å². The lowest BCUT2D eigenvalue weighted by Crippen LogP contribution is -1.81. The van der Waals surface area contributed by atoms with E-state index in [1.807, 2.05) is 5.38 Å². The van der Waals surface area contributed by atoms with Gasteiger partial charge in [0.05, 0.1) is 16.8 Å². The van der Waals surface area contributed by atoms with Crippen molar-refractivity contribution in [2.24, 2.45) is 0 Å². The molecule has 3 heterocycles. The van der Waals surface area contributed by atoms with Gasteiger partial charge in [0.2, 0.25) is 0 Å². The lowest BCUT2D eigenvalue weighted by atomic mass is 10.4. The Kier molecular flexibility index (Phi) is 2.54. The van der Waals surface area contributed by atoms with Crippen LogP contribution in [0.15, 0.2) is 30.2 Å². The van der Waals surface area contributed by atoms with Crippen LogP contribution < -0.4 is 5.73 Å². The SMILES string of the molecule is Nc1nc(-c2cnc(-c3cnccn3)s2)cs1. The van der Waals surface area contributed by atoms with Gasteiger partial charge >= 0.3 is 0 Å². The van der Waals surface area contributed by atoms with Crippen molar-refractivity contribution in [2.75, 3.05) is 5.73 Å². The van der Waals surface area contributed by atoms with Crippen LogP contribution in [0.1, 0.15) is 0 Å². The zero-order valence-electron chi connectivity index (χ0n) is 8.57. The number of nitrogen functional groups attached to an aromatic ring is 1. The Hall–Kier alpha value is -1.86. The van der Waals surface area contributed by atoms with Gasteiger partial charge in [-0.2, -0.15) is 0 Å². The molecule has 7 heteroatoms. The summed E-state index contributed by atoms with van der Waals surface area (Å²) >= 11 is 2.95. The number of hydrogen-bond acceptors (Lipinski definition) is 7. The molecule has 0 amide bonds. The molecule has 2 N–H and O–H groups in total. The lowest BCUT2D eigenvalue weighted by Gasteiger charge is -1.91. The molecule has 5 nitrogen and oxygen atoms in total. The van der Waals surface area contributed by atoms with E-state index < -0.39 is 0 Å². The van der Waals surface area contributed by atoms with E-state index >= 15 is 0 Å². The molecule has 0 radical (unpaired) electrons.